The first-order chi connectivity index (χ1) is 17.1. The smallest absolute Gasteiger partial charge is 0.196 e. The molecular formula is C31H17NO3. The van der Waals surface area contributed by atoms with Crippen molar-refractivity contribution in [3.05, 3.63) is 130 Å². The third kappa shape index (κ3) is 2.65. The quantitative estimate of drug-likeness (QED) is 0.238. The van der Waals surface area contributed by atoms with Gasteiger partial charge in [0.2, 0.25) is 0 Å². The fraction of sp³-hybridized carbons (Fsp3) is 0. The molecule has 0 radical (unpaired) electrons. The summed E-state index contributed by atoms with van der Waals surface area (Å²) in [4.78, 5) is 44.5. The summed E-state index contributed by atoms with van der Waals surface area (Å²) in [6.07, 6.45) is 0. The average Bonchev–Trinajstić information content (AvgIpc) is 2.91. The van der Waals surface area contributed by atoms with E-state index in [-0.39, 0.29) is 22.6 Å². The van der Waals surface area contributed by atoms with Gasteiger partial charge in [0, 0.05) is 38.7 Å². The topological polar surface area (TPSA) is 67.0 Å². The van der Waals surface area contributed by atoms with Crippen LogP contribution >= 0.6 is 0 Å². The van der Waals surface area contributed by atoms with E-state index in [1.165, 1.54) is 0 Å². The second-order valence-electron chi connectivity index (χ2n) is 8.83. The molecule has 3 aliphatic rings. The Morgan fingerprint density at radius 3 is 1.94 bits per heavy atom. The molecule has 1 N–H and O–H groups in total. The highest BCUT2D eigenvalue weighted by atomic mass is 16.1. The lowest BCUT2D eigenvalue weighted by atomic mass is 9.79. The van der Waals surface area contributed by atoms with Crippen LogP contribution in [-0.4, -0.2) is 16.6 Å². The van der Waals surface area contributed by atoms with Gasteiger partial charge >= 0.3 is 0 Å². The summed E-state index contributed by atoms with van der Waals surface area (Å²) in [5.41, 5.74) is 4.50. The molecule has 0 aromatic heterocycles. The van der Waals surface area contributed by atoms with Crippen molar-refractivity contribution < 1.29 is 9.59 Å². The van der Waals surface area contributed by atoms with Crippen LogP contribution in [0.15, 0.2) is 102 Å². The number of aromatic amines is 1. The van der Waals surface area contributed by atoms with Crippen LogP contribution in [0.25, 0.3) is 44.1 Å². The van der Waals surface area contributed by atoms with E-state index in [4.69, 9.17) is 0 Å². The predicted molar refractivity (Wildman–Crippen MR) is 137 cm³/mol. The van der Waals surface area contributed by atoms with E-state index in [0.717, 1.165) is 21.9 Å². The van der Waals surface area contributed by atoms with Gasteiger partial charge in [-0.3, -0.25) is 14.4 Å². The Morgan fingerprint density at radius 1 is 0.486 bits per heavy atom. The van der Waals surface area contributed by atoms with Crippen LogP contribution in [0.1, 0.15) is 31.8 Å². The number of pyridine rings is 1. The van der Waals surface area contributed by atoms with Gasteiger partial charge in [-0.1, -0.05) is 84.9 Å². The van der Waals surface area contributed by atoms with Gasteiger partial charge < -0.3 is 4.98 Å². The second-order valence-corrected chi connectivity index (χ2v) is 8.83. The Kier molecular flexibility index (Phi) is 3.97. The zero-order chi connectivity index (χ0) is 23.7. The van der Waals surface area contributed by atoms with Crippen molar-refractivity contribution in [2.24, 2.45) is 0 Å². The molecule has 0 saturated carbocycles. The first-order valence-electron chi connectivity index (χ1n) is 11.4. The lowest BCUT2D eigenvalue weighted by Gasteiger charge is -2.22. The van der Waals surface area contributed by atoms with Gasteiger partial charge in [-0.2, -0.15) is 0 Å². The molecular weight excluding hydrogens is 434 g/mol. The zero-order valence-electron chi connectivity index (χ0n) is 18.5. The largest absolute Gasteiger partial charge is 0.354 e. The summed E-state index contributed by atoms with van der Waals surface area (Å²) in [5.74, 6) is -0.448. The third-order valence-corrected chi connectivity index (χ3v) is 6.95. The molecule has 2 aliphatic carbocycles. The van der Waals surface area contributed by atoms with Crippen molar-refractivity contribution in [2.75, 3.05) is 0 Å². The number of hydrogen-bond donors (Lipinski definition) is 1. The van der Waals surface area contributed by atoms with Crippen molar-refractivity contribution in [3.63, 3.8) is 0 Å². The summed E-state index contributed by atoms with van der Waals surface area (Å²) in [6, 6.07) is 29.5. The van der Waals surface area contributed by atoms with Gasteiger partial charge in [-0.05, 0) is 28.5 Å². The Hall–Kier alpha value is -4.83. The highest BCUT2D eigenvalue weighted by molar-refractivity contribution is 6.30. The molecule has 4 aromatic rings. The predicted octanol–water partition coefficient (Wildman–Crippen LogP) is 6.23. The number of hydrogen-bond acceptors (Lipinski definition) is 3. The number of fused-ring (bicyclic) bond motifs is 6. The van der Waals surface area contributed by atoms with Crippen LogP contribution in [0, 0.1) is 0 Å². The highest BCUT2D eigenvalue weighted by Crippen LogP contribution is 2.40. The van der Waals surface area contributed by atoms with Gasteiger partial charge in [0.25, 0.3) is 0 Å². The minimum absolute atomic E-state index is 0.174. The van der Waals surface area contributed by atoms with E-state index in [9.17, 15) is 14.4 Å². The molecule has 4 nitrogen and oxygen atoms in total. The summed E-state index contributed by atoms with van der Waals surface area (Å²) >= 11 is 0. The number of para-hydroxylation sites is 1. The number of ketones is 2. The van der Waals surface area contributed by atoms with E-state index < -0.39 is 0 Å². The molecule has 0 unspecified atom stereocenters. The maximum absolute atomic E-state index is 14.0. The van der Waals surface area contributed by atoms with Crippen LogP contribution < -0.4 is 5.43 Å². The summed E-state index contributed by atoms with van der Waals surface area (Å²) in [5, 5.41) is 2.44. The van der Waals surface area contributed by atoms with Gasteiger partial charge in [-0.15, -0.1) is 0 Å². The van der Waals surface area contributed by atoms with E-state index in [2.05, 4.69) is 11.1 Å². The Bertz CT molecular complexity index is 1910. The van der Waals surface area contributed by atoms with Crippen molar-refractivity contribution in [1.82, 2.24) is 4.98 Å². The molecule has 7 rings (SSSR count). The van der Waals surface area contributed by atoms with Gasteiger partial charge in [0.1, 0.15) is 0 Å². The molecule has 1 aliphatic heterocycles. The monoisotopic (exact) mass is 451 g/mol. The fourth-order valence-electron chi connectivity index (χ4n) is 5.35. The summed E-state index contributed by atoms with van der Waals surface area (Å²) < 4.78 is 0. The molecule has 0 bridgehead atoms. The number of nitrogens with one attached hydrogen (secondary N) is 1. The standard InChI is InChI=1S/C31H17NO3/c33-29-20-11-4-5-12-21(20)30(34)26-22(13-7-14-23(26)29)27-28-24(16-17-8-1-6-15-25(17)32-28)18-9-2-3-10-19(18)31(27)35/h1-16,32H. The second kappa shape index (κ2) is 7.08. The average molecular weight is 451 g/mol. The minimum atomic E-state index is -0.243. The number of aromatic nitrogens is 1. The minimum Gasteiger partial charge on any atom is -0.354 e. The molecule has 35 heavy (non-hydrogen) atoms. The number of carbonyl (C=O) groups is 2. The molecule has 1 heterocycles. The molecule has 0 amide bonds. The molecule has 0 spiro atoms. The van der Waals surface area contributed by atoms with Crippen LogP contribution in [0.2, 0.25) is 0 Å². The third-order valence-electron chi connectivity index (χ3n) is 6.95. The number of H-pyrrole nitrogens is 1. The lowest BCUT2D eigenvalue weighted by molar-refractivity contribution is 0.0979. The molecule has 0 fully saturated rings. The summed E-state index contributed by atoms with van der Waals surface area (Å²) in [7, 11) is 0. The SMILES string of the molecule is O=C1c2ccccc2C(=O)c2c1cccc2-c1c2[nH]c3ccccc3cc-2c2ccccc2c1=O. The van der Waals surface area contributed by atoms with E-state index >= 15 is 0 Å². The lowest BCUT2D eigenvalue weighted by Crippen LogP contribution is -2.23. The fourth-order valence-corrected chi connectivity index (χ4v) is 5.35. The van der Waals surface area contributed by atoms with Crippen molar-refractivity contribution in [2.45, 2.75) is 0 Å². The Labute approximate surface area is 199 Å². The van der Waals surface area contributed by atoms with E-state index in [0.29, 0.717) is 38.9 Å². The van der Waals surface area contributed by atoms with E-state index in [1.807, 2.05) is 48.5 Å². The number of benzene rings is 5. The van der Waals surface area contributed by atoms with Crippen molar-refractivity contribution in [1.29, 1.82) is 0 Å². The van der Waals surface area contributed by atoms with Crippen LogP contribution in [0.4, 0.5) is 0 Å². The normalized spacial score (nSPS) is 12.8. The number of carbonyl (C=O) groups excluding carboxylic acids is 2. The zero-order valence-corrected chi connectivity index (χ0v) is 18.5. The molecule has 4 aromatic carbocycles. The van der Waals surface area contributed by atoms with Gasteiger partial charge in [0.15, 0.2) is 17.0 Å². The molecule has 164 valence electrons. The first-order valence-corrected chi connectivity index (χ1v) is 11.4. The Morgan fingerprint density at radius 2 is 1.11 bits per heavy atom. The van der Waals surface area contributed by atoms with Crippen LogP contribution in [0.5, 0.6) is 0 Å². The highest BCUT2D eigenvalue weighted by Gasteiger charge is 2.33. The maximum Gasteiger partial charge on any atom is 0.196 e. The van der Waals surface area contributed by atoms with E-state index in [1.54, 1.807) is 42.5 Å². The number of rotatable bonds is 1. The van der Waals surface area contributed by atoms with Crippen molar-refractivity contribution >= 4 is 33.2 Å². The van der Waals surface area contributed by atoms with Crippen LogP contribution in [0.3, 0.4) is 0 Å². The molecule has 4 heteroatoms. The maximum atomic E-state index is 14.0. The van der Waals surface area contributed by atoms with Crippen LogP contribution in [-0.2, 0) is 0 Å². The van der Waals surface area contributed by atoms with Gasteiger partial charge in [0.05, 0.1) is 11.3 Å². The van der Waals surface area contributed by atoms with Gasteiger partial charge in [-0.25, -0.2) is 0 Å². The summed E-state index contributed by atoms with van der Waals surface area (Å²) in [6.45, 7) is 0. The molecule has 0 atom stereocenters. The Balaban J connectivity index is 1.65. The van der Waals surface area contributed by atoms with Crippen molar-refractivity contribution in [3.8, 4) is 22.4 Å². The first kappa shape index (κ1) is 19.6. The molecule has 0 saturated heterocycles.